The molecule has 0 aromatic heterocycles. The number of aliphatic hydroxyl groups is 1. The van der Waals surface area contributed by atoms with E-state index < -0.39 is 12.1 Å². The van der Waals surface area contributed by atoms with Gasteiger partial charge in [-0.1, -0.05) is 19.8 Å². The molecule has 1 fully saturated rings. The predicted octanol–water partition coefficient (Wildman–Crippen LogP) is 0.555. The Morgan fingerprint density at radius 1 is 1.29 bits per heavy atom. The molecule has 1 aliphatic rings. The molecule has 0 saturated carbocycles. The van der Waals surface area contributed by atoms with Crippen molar-refractivity contribution in [3.05, 3.63) is 0 Å². The third-order valence-electron chi connectivity index (χ3n) is 3.18. The zero-order chi connectivity index (χ0) is 12.7. The standard InChI is InChI=1S/C12H24BNO3/c1-2-9-11(10(15)12(13)17-9)16-8-6-4-3-5-7-14/h9-12,15H,2-8,14H2,1H3/t9-,10+,11?,12-/m1/s1. The molecule has 2 radical (unpaired) electrons. The number of hydrogen-bond donors (Lipinski definition) is 2. The van der Waals surface area contributed by atoms with Crippen molar-refractivity contribution in [1.82, 2.24) is 0 Å². The van der Waals surface area contributed by atoms with Gasteiger partial charge >= 0.3 is 0 Å². The molecule has 0 bridgehead atoms. The largest absolute Gasteiger partial charge is 0.388 e. The van der Waals surface area contributed by atoms with Crippen molar-refractivity contribution in [2.75, 3.05) is 13.2 Å². The van der Waals surface area contributed by atoms with E-state index in [1.54, 1.807) is 0 Å². The van der Waals surface area contributed by atoms with Crippen LogP contribution in [0.25, 0.3) is 0 Å². The molecule has 1 heterocycles. The van der Waals surface area contributed by atoms with E-state index in [1.165, 1.54) is 0 Å². The minimum Gasteiger partial charge on any atom is -0.388 e. The van der Waals surface area contributed by atoms with Gasteiger partial charge in [-0.3, -0.25) is 0 Å². The first-order chi connectivity index (χ1) is 8.20. The third-order valence-corrected chi connectivity index (χ3v) is 3.18. The number of ether oxygens (including phenoxy) is 2. The first-order valence-electron chi connectivity index (χ1n) is 6.61. The van der Waals surface area contributed by atoms with Gasteiger partial charge in [-0.25, -0.2) is 0 Å². The lowest BCUT2D eigenvalue weighted by atomic mass is 9.93. The van der Waals surface area contributed by atoms with Gasteiger partial charge in [0.1, 0.15) is 20.1 Å². The summed E-state index contributed by atoms with van der Waals surface area (Å²) in [5.74, 6) is 0. The first-order valence-corrected chi connectivity index (χ1v) is 6.61. The highest BCUT2D eigenvalue weighted by molar-refractivity contribution is 6.11. The first kappa shape index (κ1) is 15.0. The van der Waals surface area contributed by atoms with Crippen LogP contribution in [-0.4, -0.2) is 50.4 Å². The van der Waals surface area contributed by atoms with Crippen LogP contribution in [0.3, 0.4) is 0 Å². The van der Waals surface area contributed by atoms with Gasteiger partial charge in [-0.2, -0.15) is 0 Å². The van der Waals surface area contributed by atoms with E-state index in [9.17, 15) is 5.11 Å². The number of hydrogen-bond acceptors (Lipinski definition) is 4. The highest BCUT2D eigenvalue weighted by Gasteiger charge is 2.40. The summed E-state index contributed by atoms with van der Waals surface area (Å²) in [6, 6.07) is -0.609. The molecule has 17 heavy (non-hydrogen) atoms. The average Bonchev–Trinajstić information content (AvgIpc) is 2.60. The Labute approximate surface area is 105 Å². The van der Waals surface area contributed by atoms with Crippen LogP contribution in [0.2, 0.25) is 0 Å². The molecule has 0 aliphatic carbocycles. The van der Waals surface area contributed by atoms with E-state index in [1.807, 2.05) is 6.92 Å². The second-order valence-corrected chi connectivity index (χ2v) is 4.58. The van der Waals surface area contributed by atoms with E-state index >= 15 is 0 Å². The van der Waals surface area contributed by atoms with Gasteiger partial charge in [0.25, 0.3) is 0 Å². The van der Waals surface area contributed by atoms with Crippen molar-refractivity contribution in [3.63, 3.8) is 0 Å². The van der Waals surface area contributed by atoms with Crippen molar-refractivity contribution < 1.29 is 14.6 Å². The maximum Gasteiger partial charge on any atom is 0.112 e. The average molecular weight is 241 g/mol. The summed E-state index contributed by atoms with van der Waals surface area (Å²) in [6.45, 7) is 3.41. The van der Waals surface area contributed by atoms with Gasteiger partial charge in [0, 0.05) is 12.6 Å². The summed E-state index contributed by atoms with van der Waals surface area (Å²) < 4.78 is 11.1. The molecule has 1 aliphatic heterocycles. The Hall–Kier alpha value is -0.0951. The second kappa shape index (κ2) is 8.09. The minimum absolute atomic E-state index is 0.0796. The number of unbranched alkanes of at least 4 members (excludes halogenated alkanes) is 3. The highest BCUT2D eigenvalue weighted by Crippen LogP contribution is 2.24. The molecule has 98 valence electrons. The maximum absolute atomic E-state index is 9.81. The van der Waals surface area contributed by atoms with Crippen LogP contribution in [0.15, 0.2) is 0 Å². The normalized spacial score (nSPS) is 33.1. The lowest BCUT2D eigenvalue weighted by Gasteiger charge is -2.20. The van der Waals surface area contributed by atoms with Crippen LogP contribution in [0.4, 0.5) is 0 Å². The topological polar surface area (TPSA) is 64.7 Å². The van der Waals surface area contributed by atoms with Gasteiger partial charge in [-0.05, 0) is 25.8 Å². The van der Waals surface area contributed by atoms with Crippen molar-refractivity contribution in [1.29, 1.82) is 0 Å². The van der Waals surface area contributed by atoms with Gasteiger partial charge in [0.05, 0.1) is 6.10 Å². The van der Waals surface area contributed by atoms with E-state index in [0.29, 0.717) is 6.61 Å². The van der Waals surface area contributed by atoms with Crippen molar-refractivity contribution in [2.45, 2.75) is 63.3 Å². The number of rotatable bonds is 8. The lowest BCUT2D eigenvalue weighted by Crippen LogP contribution is -2.35. The molecule has 0 aromatic carbocycles. The summed E-state index contributed by atoms with van der Waals surface area (Å²) in [7, 11) is 5.64. The Balaban J connectivity index is 2.16. The summed E-state index contributed by atoms with van der Waals surface area (Å²) in [5.41, 5.74) is 5.42. The number of nitrogens with two attached hydrogens (primary N) is 1. The van der Waals surface area contributed by atoms with E-state index in [0.717, 1.165) is 38.6 Å². The van der Waals surface area contributed by atoms with Gasteiger partial charge in [0.15, 0.2) is 0 Å². The molecular weight excluding hydrogens is 217 g/mol. The highest BCUT2D eigenvalue weighted by atomic mass is 16.6. The summed E-state index contributed by atoms with van der Waals surface area (Å²) in [5, 5.41) is 9.81. The predicted molar refractivity (Wildman–Crippen MR) is 68.0 cm³/mol. The summed E-state index contributed by atoms with van der Waals surface area (Å²) >= 11 is 0. The molecular formula is C12H24BNO3. The van der Waals surface area contributed by atoms with E-state index in [-0.39, 0.29) is 12.2 Å². The Bertz CT molecular complexity index is 206. The SMILES string of the molecule is [B][C@@H]1O[C@H](CC)C(OCCCCCCN)[C@@H]1O. The Kier molecular flexibility index (Phi) is 7.12. The Morgan fingerprint density at radius 3 is 2.65 bits per heavy atom. The number of aliphatic hydroxyl groups excluding tert-OH is 1. The molecule has 0 spiro atoms. The van der Waals surface area contributed by atoms with Crippen LogP contribution >= 0.6 is 0 Å². The van der Waals surface area contributed by atoms with Crippen LogP contribution in [0.5, 0.6) is 0 Å². The molecule has 0 aromatic rings. The van der Waals surface area contributed by atoms with E-state index in [4.69, 9.17) is 23.1 Å². The van der Waals surface area contributed by atoms with Gasteiger partial charge in [0.2, 0.25) is 0 Å². The zero-order valence-corrected chi connectivity index (χ0v) is 10.7. The second-order valence-electron chi connectivity index (χ2n) is 4.58. The van der Waals surface area contributed by atoms with Crippen LogP contribution in [-0.2, 0) is 9.47 Å². The molecule has 1 saturated heterocycles. The zero-order valence-electron chi connectivity index (χ0n) is 10.7. The van der Waals surface area contributed by atoms with Crippen molar-refractivity contribution >= 4 is 7.85 Å². The van der Waals surface area contributed by atoms with Crippen LogP contribution in [0.1, 0.15) is 39.0 Å². The molecule has 5 heteroatoms. The molecule has 4 atom stereocenters. The lowest BCUT2D eigenvalue weighted by molar-refractivity contribution is -0.0393. The molecule has 1 unspecified atom stereocenters. The fourth-order valence-electron chi connectivity index (χ4n) is 2.12. The fourth-order valence-corrected chi connectivity index (χ4v) is 2.12. The minimum atomic E-state index is -0.705. The maximum atomic E-state index is 9.81. The molecule has 4 nitrogen and oxygen atoms in total. The van der Waals surface area contributed by atoms with Crippen LogP contribution in [0, 0.1) is 0 Å². The monoisotopic (exact) mass is 241 g/mol. The molecule has 0 amide bonds. The van der Waals surface area contributed by atoms with Crippen LogP contribution < -0.4 is 5.73 Å². The third kappa shape index (κ3) is 4.58. The van der Waals surface area contributed by atoms with Gasteiger partial charge in [-0.15, -0.1) is 0 Å². The summed E-state index contributed by atoms with van der Waals surface area (Å²) in [4.78, 5) is 0. The quantitative estimate of drug-likeness (QED) is 0.481. The van der Waals surface area contributed by atoms with E-state index in [2.05, 4.69) is 0 Å². The van der Waals surface area contributed by atoms with Gasteiger partial charge < -0.3 is 20.3 Å². The molecule has 1 rings (SSSR count). The fraction of sp³-hybridized carbons (Fsp3) is 1.00. The van der Waals surface area contributed by atoms with Crippen molar-refractivity contribution in [2.24, 2.45) is 5.73 Å². The summed E-state index contributed by atoms with van der Waals surface area (Å²) in [6.07, 6.45) is 4.07. The molecule has 3 N–H and O–H groups in total. The smallest absolute Gasteiger partial charge is 0.112 e. The van der Waals surface area contributed by atoms with Crippen molar-refractivity contribution in [3.8, 4) is 0 Å². The Morgan fingerprint density at radius 2 is 2.00 bits per heavy atom.